The summed E-state index contributed by atoms with van der Waals surface area (Å²) in [4.78, 5) is 25.1. The van der Waals surface area contributed by atoms with Gasteiger partial charge in [0.05, 0.1) is 13.2 Å². The van der Waals surface area contributed by atoms with E-state index >= 15 is 0 Å². The van der Waals surface area contributed by atoms with Crippen LogP contribution in [0.15, 0.2) is 0 Å². The summed E-state index contributed by atoms with van der Waals surface area (Å²) in [7, 11) is 0. The van der Waals surface area contributed by atoms with E-state index in [1.54, 1.807) is 11.8 Å². The lowest BCUT2D eigenvalue weighted by molar-refractivity contribution is -0.139. The normalized spacial score (nSPS) is 17.6. The first-order valence-electron chi connectivity index (χ1n) is 6.01. The number of amides is 2. The molecule has 6 nitrogen and oxygen atoms in total. The summed E-state index contributed by atoms with van der Waals surface area (Å²) < 4.78 is 5.17. The van der Waals surface area contributed by atoms with E-state index < -0.39 is 6.04 Å². The van der Waals surface area contributed by atoms with Crippen molar-refractivity contribution in [1.82, 2.24) is 10.2 Å². The SMILES string of the molecule is CC(NC(=O)CCCN)C(=O)N1CCOCC1. The summed E-state index contributed by atoms with van der Waals surface area (Å²) in [6.45, 7) is 4.53. The van der Waals surface area contributed by atoms with Gasteiger partial charge < -0.3 is 20.7 Å². The smallest absolute Gasteiger partial charge is 0.245 e. The highest BCUT2D eigenvalue weighted by atomic mass is 16.5. The molecule has 0 radical (unpaired) electrons. The van der Waals surface area contributed by atoms with Crippen molar-refractivity contribution in [3.8, 4) is 0 Å². The third-order valence-corrected chi connectivity index (χ3v) is 2.68. The Morgan fingerprint density at radius 1 is 1.41 bits per heavy atom. The Hall–Kier alpha value is -1.14. The van der Waals surface area contributed by atoms with Gasteiger partial charge >= 0.3 is 0 Å². The predicted octanol–water partition coefficient (Wildman–Crippen LogP) is -0.911. The third-order valence-electron chi connectivity index (χ3n) is 2.68. The second kappa shape index (κ2) is 7.24. The molecule has 0 aromatic carbocycles. The molecule has 1 saturated heterocycles. The van der Waals surface area contributed by atoms with Crippen LogP contribution in [0.4, 0.5) is 0 Å². The van der Waals surface area contributed by atoms with Gasteiger partial charge in [0.2, 0.25) is 11.8 Å². The van der Waals surface area contributed by atoms with Gasteiger partial charge in [-0.25, -0.2) is 0 Å². The van der Waals surface area contributed by atoms with E-state index in [1.807, 2.05) is 0 Å². The number of nitrogens with one attached hydrogen (secondary N) is 1. The summed E-state index contributed by atoms with van der Waals surface area (Å²) >= 11 is 0. The zero-order valence-corrected chi connectivity index (χ0v) is 10.3. The van der Waals surface area contributed by atoms with Gasteiger partial charge in [-0.15, -0.1) is 0 Å². The fraction of sp³-hybridized carbons (Fsp3) is 0.818. The van der Waals surface area contributed by atoms with Gasteiger partial charge in [0.15, 0.2) is 0 Å². The largest absolute Gasteiger partial charge is 0.378 e. The number of nitrogens with zero attached hydrogens (tertiary/aromatic N) is 1. The predicted molar refractivity (Wildman–Crippen MR) is 63.3 cm³/mol. The second-order valence-electron chi connectivity index (χ2n) is 4.12. The first-order valence-corrected chi connectivity index (χ1v) is 6.01. The van der Waals surface area contributed by atoms with E-state index in [2.05, 4.69) is 5.32 Å². The molecule has 0 spiro atoms. The molecule has 1 aliphatic heterocycles. The minimum atomic E-state index is -0.474. The van der Waals surface area contributed by atoms with Crippen LogP contribution in [0.2, 0.25) is 0 Å². The van der Waals surface area contributed by atoms with Crippen LogP contribution >= 0.6 is 0 Å². The molecule has 6 heteroatoms. The summed E-state index contributed by atoms with van der Waals surface area (Å²) in [5, 5.41) is 2.69. The number of carbonyl (C=O) groups is 2. The minimum Gasteiger partial charge on any atom is -0.378 e. The number of hydrogen-bond donors (Lipinski definition) is 2. The molecule has 1 fully saturated rings. The molecule has 0 aromatic rings. The van der Waals surface area contributed by atoms with E-state index in [9.17, 15) is 9.59 Å². The van der Waals surface area contributed by atoms with Crippen molar-refractivity contribution in [2.45, 2.75) is 25.8 Å². The average Bonchev–Trinajstić information content (AvgIpc) is 2.36. The lowest BCUT2D eigenvalue weighted by atomic mass is 10.2. The van der Waals surface area contributed by atoms with Gasteiger partial charge in [0.25, 0.3) is 0 Å². The van der Waals surface area contributed by atoms with Gasteiger partial charge in [0.1, 0.15) is 6.04 Å². The highest BCUT2D eigenvalue weighted by Crippen LogP contribution is 2.01. The first kappa shape index (κ1) is 13.9. The summed E-state index contributed by atoms with van der Waals surface area (Å²) in [5.74, 6) is -0.168. The molecule has 0 bridgehead atoms. The van der Waals surface area contributed by atoms with Crippen LogP contribution in [-0.2, 0) is 14.3 Å². The summed E-state index contributed by atoms with van der Waals surface area (Å²) in [6.07, 6.45) is 1.02. The molecular weight excluding hydrogens is 222 g/mol. The monoisotopic (exact) mass is 243 g/mol. The zero-order chi connectivity index (χ0) is 12.7. The van der Waals surface area contributed by atoms with Gasteiger partial charge in [-0.3, -0.25) is 9.59 Å². The maximum Gasteiger partial charge on any atom is 0.245 e. The Kier molecular flexibility index (Phi) is 5.93. The number of rotatable bonds is 5. The number of morpholine rings is 1. The fourth-order valence-electron chi connectivity index (χ4n) is 1.70. The zero-order valence-electron chi connectivity index (χ0n) is 10.3. The molecule has 1 atom stereocenters. The molecule has 1 heterocycles. The van der Waals surface area contributed by atoms with Crippen LogP contribution in [0.5, 0.6) is 0 Å². The van der Waals surface area contributed by atoms with Crippen molar-refractivity contribution in [1.29, 1.82) is 0 Å². The van der Waals surface area contributed by atoms with Gasteiger partial charge in [-0.05, 0) is 19.9 Å². The Balaban J connectivity index is 2.32. The molecule has 3 N–H and O–H groups in total. The Morgan fingerprint density at radius 2 is 2.06 bits per heavy atom. The Bertz CT molecular complexity index is 265. The Labute approximate surface area is 101 Å². The fourth-order valence-corrected chi connectivity index (χ4v) is 1.70. The van der Waals surface area contributed by atoms with Gasteiger partial charge in [-0.2, -0.15) is 0 Å². The maximum absolute atomic E-state index is 11.9. The Morgan fingerprint density at radius 3 is 2.65 bits per heavy atom. The van der Waals surface area contributed by atoms with E-state index in [0.29, 0.717) is 45.7 Å². The molecule has 0 aromatic heterocycles. The molecule has 1 aliphatic rings. The van der Waals surface area contributed by atoms with Crippen LogP contribution < -0.4 is 11.1 Å². The second-order valence-corrected chi connectivity index (χ2v) is 4.12. The van der Waals surface area contributed by atoms with Gasteiger partial charge in [-0.1, -0.05) is 0 Å². The summed E-state index contributed by atoms with van der Waals surface area (Å²) in [6, 6.07) is -0.474. The standard InChI is InChI=1S/C11H21N3O3/c1-9(13-10(15)3-2-4-12)11(16)14-5-7-17-8-6-14/h9H,2-8,12H2,1H3,(H,13,15). The molecule has 17 heavy (non-hydrogen) atoms. The summed E-state index contributed by atoms with van der Waals surface area (Å²) in [5.41, 5.74) is 5.32. The number of nitrogens with two attached hydrogens (primary N) is 1. The van der Waals surface area contributed by atoms with Crippen LogP contribution in [0.25, 0.3) is 0 Å². The van der Waals surface area contributed by atoms with E-state index in [0.717, 1.165) is 0 Å². The van der Waals surface area contributed by atoms with Crippen molar-refractivity contribution in [2.75, 3.05) is 32.8 Å². The van der Waals surface area contributed by atoms with Crippen LogP contribution in [0.1, 0.15) is 19.8 Å². The number of carbonyl (C=O) groups excluding carboxylic acids is 2. The molecule has 98 valence electrons. The average molecular weight is 243 g/mol. The third kappa shape index (κ3) is 4.70. The van der Waals surface area contributed by atoms with E-state index in [4.69, 9.17) is 10.5 Å². The minimum absolute atomic E-state index is 0.0469. The molecule has 1 unspecified atom stereocenters. The van der Waals surface area contributed by atoms with Crippen LogP contribution in [0.3, 0.4) is 0 Å². The van der Waals surface area contributed by atoms with Crippen molar-refractivity contribution in [3.05, 3.63) is 0 Å². The quantitative estimate of drug-likeness (QED) is 0.654. The van der Waals surface area contributed by atoms with Crippen LogP contribution in [-0.4, -0.2) is 55.6 Å². The first-order chi connectivity index (χ1) is 8.15. The molecule has 2 amide bonds. The molecular formula is C11H21N3O3. The highest BCUT2D eigenvalue weighted by molar-refractivity contribution is 5.87. The molecule has 1 rings (SSSR count). The highest BCUT2D eigenvalue weighted by Gasteiger charge is 2.23. The topological polar surface area (TPSA) is 84.7 Å². The molecule has 0 saturated carbocycles. The lowest BCUT2D eigenvalue weighted by Gasteiger charge is -2.29. The molecule has 0 aliphatic carbocycles. The van der Waals surface area contributed by atoms with Crippen molar-refractivity contribution >= 4 is 11.8 Å². The number of ether oxygens (including phenoxy) is 1. The van der Waals surface area contributed by atoms with Crippen molar-refractivity contribution < 1.29 is 14.3 Å². The maximum atomic E-state index is 11.9. The lowest BCUT2D eigenvalue weighted by Crippen LogP contribution is -2.50. The van der Waals surface area contributed by atoms with Crippen molar-refractivity contribution in [2.24, 2.45) is 5.73 Å². The number of hydrogen-bond acceptors (Lipinski definition) is 4. The van der Waals surface area contributed by atoms with E-state index in [1.165, 1.54) is 0 Å². The van der Waals surface area contributed by atoms with Crippen LogP contribution in [0, 0.1) is 0 Å². The van der Waals surface area contributed by atoms with Crippen molar-refractivity contribution in [3.63, 3.8) is 0 Å². The van der Waals surface area contributed by atoms with E-state index in [-0.39, 0.29) is 11.8 Å². The van der Waals surface area contributed by atoms with Gasteiger partial charge in [0, 0.05) is 19.5 Å².